The van der Waals surface area contributed by atoms with Crippen LogP contribution in [-0.2, 0) is 21.0 Å². The fourth-order valence-corrected chi connectivity index (χ4v) is 2.70. The average Bonchev–Trinajstić information content (AvgIpc) is 2.60. The summed E-state index contributed by atoms with van der Waals surface area (Å²) in [6.07, 6.45) is 0.668. The Morgan fingerprint density at radius 3 is 2.64 bits per heavy atom. The first kappa shape index (κ1) is 19.2. The highest BCUT2D eigenvalue weighted by atomic mass is 16.6. The number of primary amides is 1. The monoisotopic (exact) mass is 349 g/mol. The van der Waals surface area contributed by atoms with Gasteiger partial charge in [0, 0.05) is 6.54 Å². The van der Waals surface area contributed by atoms with Gasteiger partial charge in [0.2, 0.25) is 5.91 Å². The number of ether oxygens (including phenoxy) is 1. The van der Waals surface area contributed by atoms with Crippen LogP contribution < -0.4 is 11.2 Å². The summed E-state index contributed by atoms with van der Waals surface area (Å²) in [5.74, 6) is -0.283. The standard InChI is InChI=1S/C18H27N3O4/c1-13(2)11-24-18(23)21-10-15(8-9-16(21)17(19)22)20-25-12-14-6-4-3-5-7-14/h3-7,13,15-16,20H,8-12H2,1-2H3,(H2,19,22)/t15-,16+/m1/s1. The van der Waals surface area contributed by atoms with Crippen molar-refractivity contribution in [3.05, 3.63) is 35.9 Å². The number of nitrogens with one attached hydrogen (secondary N) is 1. The second-order valence-electron chi connectivity index (χ2n) is 6.71. The molecule has 0 aromatic heterocycles. The molecule has 1 heterocycles. The van der Waals surface area contributed by atoms with E-state index in [1.807, 2.05) is 44.2 Å². The molecule has 138 valence electrons. The number of nitrogens with zero attached hydrogens (tertiary/aromatic N) is 1. The predicted molar refractivity (Wildman–Crippen MR) is 93.3 cm³/mol. The van der Waals surface area contributed by atoms with Crippen molar-refractivity contribution >= 4 is 12.0 Å². The fraction of sp³-hybridized carbons (Fsp3) is 0.556. The first-order chi connectivity index (χ1) is 12.0. The fourth-order valence-electron chi connectivity index (χ4n) is 2.70. The lowest BCUT2D eigenvalue weighted by atomic mass is 9.99. The Hall–Kier alpha value is -2.12. The Morgan fingerprint density at radius 2 is 2.00 bits per heavy atom. The van der Waals surface area contributed by atoms with Crippen molar-refractivity contribution in [1.82, 2.24) is 10.4 Å². The van der Waals surface area contributed by atoms with Crippen LogP contribution in [0.4, 0.5) is 4.79 Å². The topological polar surface area (TPSA) is 93.9 Å². The predicted octanol–water partition coefficient (Wildman–Crippen LogP) is 1.82. The van der Waals surface area contributed by atoms with Crippen LogP contribution in [0.2, 0.25) is 0 Å². The zero-order chi connectivity index (χ0) is 18.2. The molecule has 7 heteroatoms. The quantitative estimate of drug-likeness (QED) is 0.732. The molecule has 1 fully saturated rings. The SMILES string of the molecule is CC(C)COC(=O)N1C[C@H](NOCc2ccccc2)CC[C@H]1C(N)=O. The molecule has 1 aliphatic heterocycles. The number of piperidine rings is 1. The van der Waals surface area contributed by atoms with Gasteiger partial charge in [0.1, 0.15) is 6.04 Å². The van der Waals surface area contributed by atoms with Crippen molar-refractivity contribution in [2.24, 2.45) is 11.7 Å². The normalized spacial score (nSPS) is 20.5. The van der Waals surface area contributed by atoms with Crippen LogP contribution in [0.1, 0.15) is 32.3 Å². The lowest BCUT2D eigenvalue weighted by Crippen LogP contribution is -2.57. The molecule has 0 aliphatic carbocycles. The van der Waals surface area contributed by atoms with Crippen molar-refractivity contribution < 1.29 is 19.2 Å². The molecule has 2 atom stereocenters. The number of likely N-dealkylation sites (tertiary alicyclic amines) is 1. The number of rotatable bonds is 7. The first-order valence-corrected chi connectivity index (χ1v) is 8.61. The third kappa shape index (κ3) is 6.03. The molecule has 1 saturated heterocycles. The molecular formula is C18H27N3O4. The van der Waals surface area contributed by atoms with Gasteiger partial charge in [-0.25, -0.2) is 4.79 Å². The Bertz CT molecular complexity index is 565. The lowest BCUT2D eigenvalue weighted by Gasteiger charge is -2.37. The minimum absolute atomic E-state index is 0.0779. The molecule has 2 rings (SSSR count). The van der Waals surface area contributed by atoms with Gasteiger partial charge in [-0.2, -0.15) is 5.48 Å². The number of benzene rings is 1. The van der Waals surface area contributed by atoms with Gasteiger partial charge < -0.3 is 10.5 Å². The van der Waals surface area contributed by atoms with Crippen LogP contribution in [0.15, 0.2) is 30.3 Å². The molecule has 0 spiro atoms. The van der Waals surface area contributed by atoms with Gasteiger partial charge in [0.15, 0.2) is 0 Å². The maximum absolute atomic E-state index is 12.3. The molecular weight excluding hydrogens is 322 g/mol. The second kappa shape index (κ2) is 9.39. The van der Waals surface area contributed by atoms with Gasteiger partial charge in [-0.15, -0.1) is 0 Å². The third-order valence-electron chi connectivity index (χ3n) is 4.02. The number of carbonyl (C=O) groups is 2. The van der Waals surface area contributed by atoms with E-state index < -0.39 is 18.0 Å². The second-order valence-corrected chi connectivity index (χ2v) is 6.71. The molecule has 2 amide bonds. The zero-order valence-electron chi connectivity index (χ0n) is 14.8. The van der Waals surface area contributed by atoms with Crippen molar-refractivity contribution in [1.29, 1.82) is 0 Å². The maximum Gasteiger partial charge on any atom is 0.410 e. The smallest absolute Gasteiger partial charge is 0.410 e. The van der Waals surface area contributed by atoms with Crippen LogP contribution in [0, 0.1) is 5.92 Å². The highest BCUT2D eigenvalue weighted by Crippen LogP contribution is 2.19. The number of amides is 2. The molecule has 1 aromatic carbocycles. The van der Waals surface area contributed by atoms with E-state index in [0.29, 0.717) is 32.6 Å². The van der Waals surface area contributed by atoms with Crippen molar-refractivity contribution in [3.8, 4) is 0 Å². The molecule has 0 radical (unpaired) electrons. The van der Waals surface area contributed by atoms with E-state index in [1.165, 1.54) is 4.90 Å². The number of hydrogen-bond donors (Lipinski definition) is 2. The minimum Gasteiger partial charge on any atom is -0.449 e. The minimum atomic E-state index is -0.633. The highest BCUT2D eigenvalue weighted by molar-refractivity contribution is 5.84. The summed E-state index contributed by atoms with van der Waals surface area (Å²) in [5.41, 5.74) is 9.46. The number of carbonyl (C=O) groups excluding carboxylic acids is 2. The van der Waals surface area contributed by atoms with Crippen LogP contribution >= 0.6 is 0 Å². The van der Waals surface area contributed by atoms with Crippen molar-refractivity contribution in [3.63, 3.8) is 0 Å². The van der Waals surface area contributed by atoms with Gasteiger partial charge in [-0.3, -0.25) is 14.5 Å². The molecule has 7 nitrogen and oxygen atoms in total. The van der Waals surface area contributed by atoms with Gasteiger partial charge in [0.25, 0.3) is 0 Å². The molecule has 25 heavy (non-hydrogen) atoms. The third-order valence-corrected chi connectivity index (χ3v) is 4.02. The number of hydroxylamine groups is 1. The van der Waals surface area contributed by atoms with Gasteiger partial charge in [-0.1, -0.05) is 44.2 Å². The Morgan fingerprint density at radius 1 is 1.28 bits per heavy atom. The summed E-state index contributed by atoms with van der Waals surface area (Å²) in [4.78, 5) is 30.9. The van der Waals surface area contributed by atoms with Crippen molar-refractivity contribution in [2.45, 2.75) is 45.4 Å². The van der Waals surface area contributed by atoms with Crippen LogP contribution in [0.5, 0.6) is 0 Å². The van der Waals surface area contributed by atoms with Crippen molar-refractivity contribution in [2.75, 3.05) is 13.2 Å². The summed E-state index contributed by atoms with van der Waals surface area (Å²) < 4.78 is 5.26. The Kier molecular flexibility index (Phi) is 7.21. The molecule has 3 N–H and O–H groups in total. The zero-order valence-corrected chi connectivity index (χ0v) is 14.8. The summed E-state index contributed by atoms with van der Waals surface area (Å²) in [6, 6.07) is 9.08. The maximum atomic E-state index is 12.3. The van der Waals surface area contributed by atoms with E-state index in [1.54, 1.807) is 0 Å². The molecule has 0 bridgehead atoms. The number of hydrogen-bond acceptors (Lipinski definition) is 5. The Labute approximate surface area is 148 Å². The van der Waals surface area contributed by atoms with E-state index >= 15 is 0 Å². The van der Waals surface area contributed by atoms with E-state index in [2.05, 4.69) is 5.48 Å². The highest BCUT2D eigenvalue weighted by Gasteiger charge is 2.36. The van der Waals surface area contributed by atoms with Gasteiger partial charge in [-0.05, 0) is 24.3 Å². The van der Waals surface area contributed by atoms with Crippen LogP contribution in [-0.4, -0.2) is 42.1 Å². The lowest BCUT2D eigenvalue weighted by molar-refractivity contribution is -0.125. The number of nitrogens with two attached hydrogens (primary N) is 1. The van der Waals surface area contributed by atoms with Gasteiger partial charge >= 0.3 is 6.09 Å². The molecule has 0 saturated carbocycles. The first-order valence-electron chi connectivity index (χ1n) is 8.61. The summed E-state index contributed by atoms with van der Waals surface area (Å²) in [5, 5.41) is 0. The van der Waals surface area contributed by atoms with Gasteiger partial charge in [0.05, 0.1) is 19.3 Å². The Balaban J connectivity index is 1.87. The molecule has 0 unspecified atom stereocenters. The molecule has 1 aromatic rings. The van der Waals surface area contributed by atoms with E-state index in [0.717, 1.165) is 5.56 Å². The largest absolute Gasteiger partial charge is 0.449 e. The van der Waals surface area contributed by atoms with E-state index in [-0.39, 0.29) is 12.0 Å². The molecule has 1 aliphatic rings. The van der Waals surface area contributed by atoms with Crippen LogP contribution in [0.25, 0.3) is 0 Å². The summed E-state index contributed by atoms with van der Waals surface area (Å²) >= 11 is 0. The van der Waals surface area contributed by atoms with E-state index in [4.69, 9.17) is 15.3 Å². The average molecular weight is 349 g/mol. The van der Waals surface area contributed by atoms with Crippen LogP contribution in [0.3, 0.4) is 0 Å². The van der Waals surface area contributed by atoms with E-state index in [9.17, 15) is 9.59 Å². The summed E-state index contributed by atoms with van der Waals surface area (Å²) in [7, 11) is 0. The summed E-state index contributed by atoms with van der Waals surface area (Å²) in [6.45, 7) is 4.96.